The molecule has 0 saturated carbocycles. The van der Waals surface area contributed by atoms with E-state index >= 15 is 0 Å². The summed E-state index contributed by atoms with van der Waals surface area (Å²) >= 11 is 0. The van der Waals surface area contributed by atoms with E-state index < -0.39 is 16.5 Å². The molecule has 4 heteroatoms. The van der Waals surface area contributed by atoms with E-state index in [4.69, 9.17) is 4.98 Å². The molecular formula is C29H34N2Si2. The highest BCUT2D eigenvalue weighted by Gasteiger charge is 2.53. The third kappa shape index (κ3) is 4.09. The van der Waals surface area contributed by atoms with Crippen LogP contribution >= 0.6 is 0 Å². The van der Waals surface area contributed by atoms with E-state index in [2.05, 4.69) is 128 Å². The number of aromatic nitrogens is 1. The Labute approximate surface area is 201 Å². The standard InChI is InChI=1S/C29H34N2Si2/c1-4-32(5-2,6-3)31(29-24-16-17-25-30-29)33(26-18-10-7-11-19-26,27-20-12-8-13-21-27)28-22-14-9-15-23-28/h7-25H,4-6H2,1-3H3. The third-order valence-electron chi connectivity index (χ3n) is 7.24. The highest BCUT2D eigenvalue weighted by atomic mass is 28.4. The highest BCUT2D eigenvalue weighted by molar-refractivity contribution is 7.21. The molecule has 4 rings (SSSR count). The minimum absolute atomic E-state index is 1.12. The maximum Gasteiger partial charge on any atom is 0.246 e. The lowest BCUT2D eigenvalue weighted by molar-refractivity contribution is 1.10. The molecule has 0 saturated heterocycles. The van der Waals surface area contributed by atoms with Crippen molar-refractivity contribution >= 4 is 37.8 Å². The number of hydrogen-bond acceptors (Lipinski definition) is 2. The van der Waals surface area contributed by atoms with E-state index in [1.165, 1.54) is 33.7 Å². The zero-order chi connectivity index (χ0) is 23.2. The Morgan fingerprint density at radius 3 is 1.27 bits per heavy atom. The van der Waals surface area contributed by atoms with Crippen molar-refractivity contribution in [3.63, 3.8) is 0 Å². The molecule has 0 spiro atoms. The summed E-state index contributed by atoms with van der Waals surface area (Å²) in [6, 6.07) is 43.7. The molecule has 0 fully saturated rings. The SMILES string of the molecule is CC[Si](CC)(CC)N(c1ccccn1)[Si](c1ccccc1)(c1ccccc1)c1ccccc1. The smallest absolute Gasteiger partial charge is 0.246 e. The van der Waals surface area contributed by atoms with Crippen LogP contribution in [0.4, 0.5) is 5.82 Å². The van der Waals surface area contributed by atoms with Gasteiger partial charge in [-0.1, -0.05) is 118 Å². The Morgan fingerprint density at radius 2 is 0.939 bits per heavy atom. The minimum Gasteiger partial charge on any atom is -0.398 e. The van der Waals surface area contributed by atoms with Crippen LogP contribution in [0.2, 0.25) is 18.1 Å². The van der Waals surface area contributed by atoms with Gasteiger partial charge >= 0.3 is 0 Å². The molecule has 168 valence electrons. The third-order valence-corrected chi connectivity index (χ3v) is 19.2. The number of nitrogens with zero attached hydrogens (tertiary/aromatic N) is 2. The Hall–Kier alpha value is -2.96. The molecule has 0 aliphatic carbocycles. The fraction of sp³-hybridized carbons (Fsp3) is 0.207. The molecule has 0 radical (unpaired) electrons. The molecule has 1 aromatic heterocycles. The van der Waals surface area contributed by atoms with Crippen molar-refractivity contribution in [3.8, 4) is 0 Å². The van der Waals surface area contributed by atoms with E-state index in [1.807, 2.05) is 12.3 Å². The van der Waals surface area contributed by atoms with Gasteiger partial charge in [0.1, 0.15) is 14.1 Å². The second-order valence-corrected chi connectivity index (χ2v) is 17.7. The monoisotopic (exact) mass is 466 g/mol. The van der Waals surface area contributed by atoms with Crippen molar-refractivity contribution in [2.75, 3.05) is 4.23 Å². The molecule has 0 amide bonds. The number of pyridine rings is 1. The Balaban J connectivity index is 2.21. The highest BCUT2D eigenvalue weighted by Crippen LogP contribution is 2.34. The number of benzene rings is 3. The lowest BCUT2D eigenvalue weighted by Gasteiger charge is -2.54. The van der Waals surface area contributed by atoms with Crippen LogP contribution in [0.15, 0.2) is 115 Å². The van der Waals surface area contributed by atoms with Crippen LogP contribution in [-0.2, 0) is 0 Å². The quantitative estimate of drug-likeness (QED) is 0.237. The summed E-state index contributed by atoms with van der Waals surface area (Å²) in [5, 5.41) is 4.25. The normalized spacial score (nSPS) is 11.8. The molecule has 33 heavy (non-hydrogen) atoms. The fourth-order valence-electron chi connectivity index (χ4n) is 5.41. The summed E-state index contributed by atoms with van der Waals surface area (Å²) in [6.07, 6.45) is 1.96. The summed E-state index contributed by atoms with van der Waals surface area (Å²) in [4.78, 5) is 5.03. The van der Waals surface area contributed by atoms with Crippen molar-refractivity contribution in [1.29, 1.82) is 0 Å². The predicted molar refractivity (Wildman–Crippen MR) is 148 cm³/mol. The molecule has 3 aromatic carbocycles. The summed E-state index contributed by atoms with van der Waals surface area (Å²) in [7, 11) is -4.60. The molecule has 0 aliphatic rings. The van der Waals surface area contributed by atoms with Gasteiger partial charge in [-0.3, -0.25) is 0 Å². The first-order valence-corrected chi connectivity index (χ1v) is 16.6. The van der Waals surface area contributed by atoms with Crippen molar-refractivity contribution < 1.29 is 0 Å². The molecule has 2 nitrogen and oxygen atoms in total. The van der Waals surface area contributed by atoms with Crippen LogP contribution in [0.3, 0.4) is 0 Å². The Kier molecular flexibility index (Phi) is 7.26. The number of anilines is 1. The van der Waals surface area contributed by atoms with Gasteiger partial charge in [0.05, 0.1) is 0 Å². The topological polar surface area (TPSA) is 16.1 Å². The zero-order valence-corrected chi connectivity index (χ0v) is 22.0. The molecule has 4 aromatic rings. The van der Waals surface area contributed by atoms with Gasteiger partial charge < -0.3 is 4.23 Å². The van der Waals surface area contributed by atoms with E-state index in [9.17, 15) is 0 Å². The lowest BCUT2D eigenvalue weighted by Crippen LogP contribution is -2.83. The lowest BCUT2D eigenvalue weighted by atomic mass is 10.3. The maximum absolute atomic E-state index is 5.03. The van der Waals surface area contributed by atoms with Gasteiger partial charge in [-0.2, -0.15) is 0 Å². The number of hydrogen-bond donors (Lipinski definition) is 0. The first-order valence-electron chi connectivity index (χ1n) is 12.1. The van der Waals surface area contributed by atoms with Gasteiger partial charge in [-0.05, 0) is 45.8 Å². The zero-order valence-electron chi connectivity index (χ0n) is 20.0. The van der Waals surface area contributed by atoms with Gasteiger partial charge in [0, 0.05) is 6.20 Å². The second kappa shape index (κ2) is 10.3. The minimum atomic E-state index is -2.66. The summed E-state index contributed by atoms with van der Waals surface area (Å²) in [5.41, 5.74) is 0. The van der Waals surface area contributed by atoms with Crippen molar-refractivity contribution in [1.82, 2.24) is 4.98 Å². The summed E-state index contributed by atoms with van der Waals surface area (Å²) in [5.74, 6) is 1.12. The van der Waals surface area contributed by atoms with Crippen LogP contribution < -0.4 is 19.8 Å². The van der Waals surface area contributed by atoms with Gasteiger partial charge in [0.15, 0.2) is 0 Å². The van der Waals surface area contributed by atoms with Crippen molar-refractivity contribution in [2.45, 2.75) is 38.9 Å². The van der Waals surface area contributed by atoms with Gasteiger partial charge in [0.25, 0.3) is 0 Å². The van der Waals surface area contributed by atoms with Crippen LogP contribution in [0, 0.1) is 0 Å². The van der Waals surface area contributed by atoms with Gasteiger partial charge in [-0.15, -0.1) is 0 Å². The van der Waals surface area contributed by atoms with Crippen LogP contribution in [-0.4, -0.2) is 21.5 Å². The molecule has 1 heterocycles. The van der Waals surface area contributed by atoms with E-state index in [-0.39, 0.29) is 0 Å². The summed E-state index contributed by atoms with van der Waals surface area (Å²) in [6.45, 7) is 7.19. The van der Waals surface area contributed by atoms with E-state index in [1.54, 1.807) is 0 Å². The van der Waals surface area contributed by atoms with E-state index in [0.29, 0.717) is 0 Å². The predicted octanol–water partition coefficient (Wildman–Crippen LogP) is 5.56. The average molecular weight is 467 g/mol. The average Bonchev–Trinajstić information content (AvgIpc) is 2.91. The van der Waals surface area contributed by atoms with Crippen molar-refractivity contribution in [2.24, 2.45) is 0 Å². The fourth-order valence-corrected chi connectivity index (χ4v) is 18.2. The largest absolute Gasteiger partial charge is 0.398 e. The van der Waals surface area contributed by atoms with Crippen LogP contribution in [0.25, 0.3) is 0 Å². The van der Waals surface area contributed by atoms with Gasteiger partial charge in [0.2, 0.25) is 8.24 Å². The van der Waals surface area contributed by atoms with Crippen LogP contribution in [0.5, 0.6) is 0 Å². The molecular weight excluding hydrogens is 433 g/mol. The van der Waals surface area contributed by atoms with Crippen LogP contribution in [0.1, 0.15) is 20.8 Å². The Morgan fingerprint density at radius 1 is 0.545 bits per heavy atom. The first kappa shape index (κ1) is 23.2. The summed E-state index contributed by atoms with van der Waals surface area (Å²) < 4.78 is 2.90. The molecule has 0 N–H and O–H groups in total. The molecule has 0 unspecified atom stereocenters. The van der Waals surface area contributed by atoms with Crippen molar-refractivity contribution in [3.05, 3.63) is 115 Å². The van der Waals surface area contributed by atoms with Gasteiger partial charge in [-0.25, -0.2) is 4.98 Å². The molecule has 0 aliphatic heterocycles. The van der Waals surface area contributed by atoms with E-state index in [0.717, 1.165) is 5.82 Å². The molecule has 0 bridgehead atoms. The maximum atomic E-state index is 5.03. The molecule has 0 atom stereocenters. The first-order chi connectivity index (χ1) is 16.2. The Bertz CT molecular complexity index is 1010. The second-order valence-electron chi connectivity index (χ2n) is 8.62. The number of rotatable bonds is 9.